The van der Waals surface area contributed by atoms with Crippen LogP contribution in [-0.4, -0.2) is 72.9 Å². The lowest BCUT2D eigenvalue weighted by Gasteiger charge is -2.58. The number of halogens is 6. The van der Waals surface area contributed by atoms with Crippen LogP contribution in [0.15, 0.2) is 4.42 Å². The standard InChI is InChI=1S/C20H24F6N4O5/c21-19(22,23)34-13-1-10(2-13)16-28-29-17(33-16)30-8-18(9-30)5-11(6-18)27-15(31)7-32-12-3-14(4-12)35-20(24,25)26/h10-14H,1-9H2,(H,27,31). The van der Waals surface area contributed by atoms with Gasteiger partial charge in [0.1, 0.15) is 6.61 Å². The quantitative estimate of drug-likeness (QED) is 0.529. The maximum atomic E-state index is 12.2. The molecule has 0 atom stereocenters. The lowest BCUT2D eigenvalue weighted by molar-refractivity contribution is -0.357. The minimum atomic E-state index is -4.66. The highest BCUT2D eigenvalue weighted by Crippen LogP contribution is 2.50. The second-order valence-electron chi connectivity index (χ2n) is 9.90. The summed E-state index contributed by atoms with van der Waals surface area (Å²) in [6.07, 6.45) is -9.43. The fraction of sp³-hybridized carbons (Fsp3) is 0.850. The SMILES string of the molecule is O=C(COC1CC(OC(F)(F)F)C1)NC1CC2(C1)CN(c1nnc(C3CC(OC(F)(F)F)C3)o1)C2. The third-order valence-corrected chi connectivity index (χ3v) is 7.02. The molecule has 1 amide bonds. The highest BCUT2D eigenvalue weighted by atomic mass is 19.4. The summed E-state index contributed by atoms with van der Waals surface area (Å²) < 4.78 is 91.8. The normalized spacial score (nSPS) is 30.3. The number of carbonyl (C=O) groups is 1. The molecule has 0 unspecified atom stereocenters. The van der Waals surface area contributed by atoms with Crippen molar-refractivity contribution < 1.29 is 49.8 Å². The Balaban J connectivity index is 0.955. The molecule has 0 aromatic carbocycles. The number of hydrogen-bond acceptors (Lipinski definition) is 8. The molecule has 1 N–H and O–H groups in total. The van der Waals surface area contributed by atoms with Crippen LogP contribution in [0, 0.1) is 5.41 Å². The Kier molecular flexibility index (Phi) is 6.15. The zero-order chi connectivity index (χ0) is 25.0. The van der Waals surface area contributed by atoms with Gasteiger partial charge in [0.15, 0.2) is 0 Å². The molecule has 35 heavy (non-hydrogen) atoms. The topological polar surface area (TPSA) is 99.0 Å². The third kappa shape index (κ3) is 5.82. The Bertz CT molecular complexity index is 914. The van der Waals surface area contributed by atoms with Gasteiger partial charge >= 0.3 is 18.7 Å². The summed E-state index contributed by atoms with van der Waals surface area (Å²) in [5, 5.41) is 10.8. The summed E-state index contributed by atoms with van der Waals surface area (Å²) in [7, 11) is 0. The first-order valence-electron chi connectivity index (χ1n) is 11.3. The van der Waals surface area contributed by atoms with Crippen molar-refractivity contribution in [2.75, 3.05) is 24.6 Å². The molecule has 0 bridgehead atoms. The van der Waals surface area contributed by atoms with Crippen molar-refractivity contribution in [1.82, 2.24) is 15.5 Å². The number of rotatable bonds is 8. The van der Waals surface area contributed by atoms with E-state index >= 15 is 0 Å². The molecule has 0 radical (unpaired) electrons. The lowest BCUT2D eigenvalue weighted by Crippen LogP contribution is -2.67. The molecule has 3 saturated carbocycles. The Morgan fingerprint density at radius 2 is 1.57 bits per heavy atom. The van der Waals surface area contributed by atoms with E-state index in [1.807, 2.05) is 4.90 Å². The number of nitrogens with zero attached hydrogens (tertiary/aromatic N) is 3. The summed E-state index contributed by atoms with van der Waals surface area (Å²) >= 11 is 0. The van der Waals surface area contributed by atoms with Crippen LogP contribution in [0.25, 0.3) is 0 Å². The molecule has 1 aliphatic heterocycles. The summed E-state index contributed by atoms with van der Waals surface area (Å²) in [6, 6.07) is 0.328. The van der Waals surface area contributed by atoms with Crippen LogP contribution in [0.3, 0.4) is 0 Å². The van der Waals surface area contributed by atoms with Crippen molar-refractivity contribution in [3.63, 3.8) is 0 Å². The van der Waals surface area contributed by atoms with Gasteiger partial charge in [-0.15, -0.1) is 31.4 Å². The molecule has 1 spiro atoms. The number of hydrogen-bond donors (Lipinski definition) is 1. The van der Waals surface area contributed by atoms with E-state index in [1.165, 1.54) is 0 Å². The highest BCUT2D eigenvalue weighted by Gasteiger charge is 2.54. The number of alkyl halides is 6. The number of amides is 1. The molecular formula is C20H24F6N4O5. The van der Waals surface area contributed by atoms with Gasteiger partial charge in [-0.3, -0.25) is 14.3 Å². The number of carbonyl (C=O) groups excluding carboxylic acids is 1. The predicted molar refractivity (Wildman–Crippen MR) is 103 cm³/mol. The van der Waals surface area contributed by atoms with Gasteiger partial charge < -0.3 is 19.4 Å². The van der Waals surface area contributed by atoms with E-state index in [-0.39, 0.29) is 55.6 Å². The predicted octanol–water partition coefficient (Wildman–Crippen LogP) is 3.02. The van der Waals surface area contributed by atoms with Crippen LogP contribution in [0.4, 0.5) is 32.4 Å². The van der Waals surface area contributed by atoms with Crippen LogP contribution >= 0.6 is 0 Å². The molecular weight excluding hydrogens is 490 g/mol. The molecule has 3 aliphatic carbocycles. The smallest absolute Gasteiger partial charge is 0.408 e. The first-order valence-corrected chi connectivity index (χ1v) is 11.3. The van der Waals surface area contributed by atoms with Gasteiger partial charge in [0.25, 0.3) is 0 Å². The maximum absolute atomic E-state index is 12.2. The van der Waals surface area contributed by atoms with Gasteiger partial charge in [0.05, 0.1) is 18.3 Å². The largest absolute Gasteiger partial charge is 0.522 e. The second kappa shape index (κ2) is 8.76. The van der Waals surface area contributed by atoms with Crippen molar-refractivity contribution in [3.8, 4) is 0 Å². The Morgan fingerprint density at radius 3 is 2.17 bits per heavy atom. The third-order valence-electron chi connectivity index (χ3n) is 7.02. The molecule has 4 aliphatic rings. The van der Waals surface area contributed by atoms with E-state index in [9.17, 15) is 31.1 Å². The van der Waals surface area contributed by atoms with E-state index in [1.54, 1.807) is 0 Å². The number of aromatic nitrogens is 2. The van der Waals surface area contributed by atoms with Crippen molar-refractivity contribution >= 4 is 11.9 Å². The van der Waals surface area contributed by atoms with E-state index in [0.717, 1.165) is 12.8 Å². The van der Waals surface area contributed by atoms with Crippen molar-refractivity contribution in [1.29, 1.82) is 0 Å². The Morgan fingerprint density at radius 1 is 0.971 bits per heavy atom. The molecule has 1 aromatic heterocycles. The van der Waals surface area contributed by atoms with E-state index in [0.29, 0.717) is 25.0 Å². The van der Waals surface area contributed by atoms with Gasteiger partial charge in [-0.1, -0.05) is 5.10 Å². The van der Waals surface area contributed by atoms with E-state index < -0.39 is 31.0 Å². The van der Waals surface area contributed by atoms with Crippen molar-refractivity contribution in [2.24, 2.45) is 5.41 Å². The average molecular weight is 514 g/mol. The minimum absolute atomic E-state index is 0.00487. The van der Waals surface area contributed by atoms with Gasteiger partial charge in [-0.05, 0) is 25.7 Å². The number of nitrogens with one attached hydrogen (secondary N) is 1. The zero-order valence-electron chi connectivity index (χ0n) is 18.4. The first kappa shape index (κ1) is 24.6. The van der Waals surface area contributed by atoms with Crippen LogP contribution < -0.4 is 10.2 Å². The van der Waals surface area contributed by atoms with Crippen molar-refractivity contribution in [2.45, 2.75) is 81.5 Å². The van der Waals surface area contributed by atoms with Crippen LogP contribution in [0.2, 0.25) is 0 Å². The molecule has 5 rings (SSSR count). The Labute approximate surface area is 195 Å². The lowest BCUT2D eigenvalue weighted by atomic mass is 9.61. The molecule has 1 aromatic rings. The summed E-state index contributed by atoms with van der Waals surface area (Å²) in [5.74, 6) is -0.243. The van der Waals surface area contributed by atoms with Gasteiger partial charge in [0, 0.05) is 43.3 Å². The molecule has 9 nitrogen and oxygen atoms in total. The zero-order valence-corrected chi connectivity index (χ0v) is 18.4. The van der Waals surface area contributed by atoms with E-state index in [2.05, 4.69) is 25.0 Å². The fourth-order valence-electron chi connectivity index (χ4n) is 5.22. The molecule has 15 heteroatoms. The summed E-state index contributed by atoms with van der Waals surface area (Å²) in [4.78, 5) is 13.9. The van der Waals surface area contributed by atoms with Crippen molar-refractivity contribution in [3.05, 3.63) is 5.89 Å². The summed E-state index contributed by atoms with van der Waals surface area (Å²) in [6.45, 7) is 1.13. The van der Waals surface area contributed by atoms with Crippen LogP contribution in [0.5, 0.6) is 0 Å². The minimum Gasteiger partial charge on any atom is -0.408 e. The van der Waals surface area contributed by atoms with Gasteiger partial charge in [0.2, 0.25) is 11.8 Å². The molecule has 4 fully saturated rings. The monoisotopic (exact) mass is 514 g/mol. The summed E-state index contributed by atoms with van der Waals surface area (Å²) in [5.41, 5.74) is 0.0334. The van der Waals surface area contributed by atoms with Gasteiger partial charge in [-0.2, -0.15) is 0 Å². The van der Waals surface area contributed by atoms with Crippen LogP contribution in [0.1, 0.15) is 50.3 Å². The second-order valence-corrected chi connectivity index (χ2v) is 9.90. The number of anilines is 1. The van der Waals surface area contributed by atoms with Gasteiger partial charge in [-0.25, -0.2) is 0 Å². The maximum Gasteiger partial charge on any atom is 0.522 e. The fourth-order valence-corrected chi connectivity index (χ4v) is 5.22. The van der Waals surface area contributed by atoms with E-state index in [4.69, 9.17) is 9.15 Å². The Hall–Kier alpha value is -2.13. The number of ether oxygens (including phenoxy) is 3. The first-order chi connectivity index (χ1) is 16.3. The van der Waals surface area contributed by atoms with Crippen LogP contribution in [-0.2, 0) is 19.0 Å². The molecule has 2 heterocycles. The molecule has 1 saturated heterocycles. The average Bonchev–Trinajstić information content (AvgIpc) is 3.07. The molecule has 196 valence electrons. The highest BCUT2D eigenvalue weighted by molar-refractivity contribution is 5.77.